The fourth-order valence-electron chi connectivity index (χ4n) is 4.39. The molecule has 5 rings (SSSR count). The summed E-state index contributed by atoms with van der Waals surface area (Å²) in [4.78, 5) is 31.4. The number of anilines is 1. The van der Waals surface area contributed by atoms with Gasteiger partial charge in [-0.3, -0.25) is 9.69 Å². The van der Waals surface area contributed by atoms with Crippen molar-refractivity contribution in [3.8, 4) is 10.4 Å². The fraction of sp³-hybridized carbons (Fsp3) is 0.500. The van der Waals surface area contributed by atoms with E-state index in [2.05, 4.69) is 32.7 Å². The Morgan fingerprint density at radius 2 is 2.06 bits per heavy atom. The summed E-state index contributed by atoms with van der Waals surface area (Å²) in [6.07, 6.45) is 1.85. The summed E-state index contributed by atoms with van der Waals surface area (Å²) in [7, 11) is 3.67. The Morgan fingerprint density at radius 3 is 2.81 bits per heavy atom. The van der Waals surface area contributed by atoms with E-state index in [9.17, 15) is 4.79 Å². The van der Waals surface area contributed by atoms with Gasteiger partial charge in [0.15, 0.2) is 0 Å². The highest BCUT2D eigenvalue weighted by Gasteiger charge is 2.35. The number of rotatable bonds is 5. The number of thiophene rings is 2. The van der Waals surface area contributed by atoms with Gasteiger partial charge in [0.2, 0.25) is 5.91 Å². The predicted molar refractivity (Wildman–Crippen MR) is 126 cm³/mol. The second-order valence-electron chi connectivity index (χ2n) is 8.24. The van der Waals surface area contributed by atoms with Gasteiger partial charge in [-0.15, -0.1) is 22.7 Å². The molecule has 7 nitrogen and oxygen atoms in total. The van der Waals surface area contributed by atoms with Crippen LogP contribution < -0.4 is 4.90 Å². The van der Waals surface area contributed by atoms with Crippen molar-refractivity contribution in [3.63, 3.8) is 0 Å². The molecule has 2 fully saturated rings. The first-order valence-corrected chi connectivity index (χ1v) is 12.5. The van der Waals surface area contributed by atoms with Crippen LogP contribution in [0.15, 0.2) is 22.9 Å². The van der Waals surface area contributed by atoms with Crippen molar-refractivity contribution >= 4 is 44.6 Å². The van der Waals surface area contributed by atoms with Crippen molar-refractivity contribution in [1.82, 2.24) is 19.8 Å². The molecular formula is C22H27N5O2S2. The first kappa shape index (κ1) is 20.8. The highest BCUT2D eigenvalue weighted by molar-refractivity contribution is 7.18. The number of carbonyl (C=O) groups is 1. The lowest BCUT2D eigenvalue weighted by molar-refractivity contribution is -0.129. The third-order valence-corrected chi connectivity index (χ3v) is 7.74. The van der Waals surface area contributed by atoms with E-state index in [4.69, 9.17) is 14.7 Å². The minimum absolute atomic E-state index is 0.145. The molecule has 0 unspecified atom stereocenters. The van der Waals surface area contributed by atoms with Crippen molar-refractivity contribution in [2.45, 2.75) is 25.4 Å². The monoisotopic (exact) mass is 457 g/mol. The number of likely N-dealkylation sites (N-methyl/N-ethyl adjacent to an activating group) is 1. The SMILES string of the molecule is CN(C)C(=O)[C@H]1CCCN1c1nc(CN2CCOCC2)nc2scc(-c3cccs3)c12. The van der Waals surface area contributed by atoms with Gasteiger partial charge in [-0.2, -0.15) is 0 Å². The molecule has 0 saturated carbocycles. The van der Waals surface area contributed by atoms with Gasteiger partial charge in [0, 0.05) is 49.6 Å². The van der Waals surface area contributed by atoms with Crippen molar-refractivity contribution in [3.05, 3.63) is 28.7 Å². The van der Waals surface area contributed by atoms with Gasteiger partial charge in [0.05, 0.1) is 25.1 Å². The van der Waals surface area contributed by atoms with Gasteiger partial charge in [0.1, 0.15) is 22.5 Å². The number of hydrogen-bond donors (Lipinski definition) is 0. The Labute approximate surface area is 190 Å². The van der Waals surface area contributed by atoms with Crippen LogP contribution in [-0.2, 0) is 16.1 Å². The van der Waals surface area contributed by atoms with Crippen LogP contribution in [0.4, 0.5) is 5.82 Å². The number of amides is 1. The molecule has 3 aromatic rings. The maximum absolute atomic E-state index is 12.9. The van der Waals surface area contributed by atoms with E-state index in [-0.39, 0.29) is 11.9 Å². The zero-order valence-electron chi connectivity index (χ0n) is 17.9. The van der Waals surface area contributed by atoms with Crippen molar-refractivity contribution in [1.29, 1.82) is 0 Å². The summed E-state index contributed by atoms with van der Waals surface area (Å²) in [6, 6.07) is 4.05. The molecule has 9 heteroatoms. The number of fused-ring (bicyclic) bond motifs is 1. The average molecular weight is 458 g/mol. The molecule has 1 amide bonds. The Kier molecular flexibility index (Phi) is 5.92. The number of nitrogens with zero attached hydrogens (tertiary/aromatic N) is 5. The highest BCUT2D eigenvalue weighted by Crippen LogP contribution is 2.41. The van der Waals surface area contributed by atoms with Crippen LogP contribution in [0.25, 0.3) is 20.7 Å². The van der Waals surface area contributed by atoms with Crippen LogP contribution in [0.5, 0.6) is 0 Å². The van der Waals surface area contributed by atoms with Gasteiger partial charge < -0.3 is 14.5 Å². The Bertz CT molecular complexity index is 1060. The maximum Gasteiger partial charge on any atom is 0.244 e. The van der Waals surface area contributed by atoms with E-state index < -0.39 is 0 Å². The molecule has 164 valence electrons. The molecule has 2 saturated heterocycles. The second-order valence-corrected chi connectivity index (χ2v) is 10.0. The molecule has 3 aromatic heterocycles. The normalized spacial score (nSPS) is 19.9. The molecule has 1 atom stereocenters. The number of carbonyl (C=O) groups excluding carboxylic acids is 1. The van der Waals surface area contributed by atoms with Gasteiger partial charge in [-0.1, -0.05) is 6.07 Å². The van der Waals surface area contributed by atoms with Crippen molar-refractivity contribution in [2.75, 3.05) is 51.8 Å². The van der Waals surface area contributed by atoms with Crippen LogP contribution in [0.1, 0.15) is 18.7 Å². The van der Waals surface area contributed by atoms with E-state index in [1.165, 1.54) is 10.4 Å². The van der Waals surface area contributed by atoms with Crippen molar-refractivity contribution in [2.24, 2.45) is 0 Å². The van der Waals surface area contributed by atoms with Crippen molar-refractivity contribution < 1.29 is 9.53 Å². The molecule has 0 aliphatic carbocycles. The predicted octanol–water partition coefficient (Wildman–Crippen LogP) is 3.31. The zero-order chi connectivity index (χ0) is 21.4. The molecule has 0 spiro atoms. The molecule has 5 heterocycles. The first-order chi connectivity index (χ1) is 15.1. The maximum atomic E-state index is 12.9. The first-order valence-electron chi connectivity index (χ1n) is 10.7. The summed E-state index contributed by atoms with van der Waals surface area (Å²) in [5, 5.41) is 5.36. The van der Waals surface area contributed by atoms with Gasteiger partial charge >= 0.3 is 0 Å². The number of hydrogen-bond acceptors (Lipinski definition) is 8. The number of aromatic nitrogens is 2. The lowest BCUT2D eigenvalue weighted by Crippen LogP contribution is -2.43. The molecule has 0 N–H and O–H groups in total. The second kappa shape index (κ2) is 8.82. The van der Waals surface area contributed by atoms with Gasteiger partial charge in [-0.25, -0.2) is 9.97 Å². The van der Waals surface area contributed by atoms with E-state index in [1.54, 1.807) is 27.6 Å². The Morgan fingerprint density at radius 1 is 1.23 bits per heavy atom. The van der Waals surface area contributed by atoms with Crippen LogP contribution in [0.3, 0.4) is 0 Å². The highest BCUT2D eigenvalue weighted by atomic mass is 32.1. The van der Waals surface area contributed by atoms with Crippen LogP contribution in [-0.4, -0.2) is 78.7 Å². The lowest BCUT2D eigenvalue weighted by atomic mass is 10.1. The summed E-state index contributed by atoms with van der Waals surface area (Å²) in [6.45, 7) is 4.84. The topological polar surface area (TPSA) is 61.8 Å². The average Bonchev–Trinajstić information content (AvgIpc) is 3.53. The minimum Gasteiger partial charge on any atom is -0.379 e. The smallest absolute Gasteiger partial charge is 0.244 e. The zero-order valence-corrected chi connectivity index (χ0v) is 19.5. The van der Waals surface area contributed by atoms with Crippen LogP contribution in [0.2, 0.25) is 0 Å². The Hall–Kier alpha value is -2.07. The Balaban J connectivity index is 1.60. The van der Waals surface area contributed by atoms with Crippen LogP contribution in [0, 0.1) is 0 Å². The molecule has 2 aliphatic rings. The molecule has 31 heavy (non-hydrogen) atoms. The summed E-state index contributed by atoms with van der Waals surface area (Å²) < 4.78 is 5.49. The van der Waals surface area contributed by atoms with E-state index >= 15 is 0 Å². The quantitative estimate of drug-likeness (QED) is 0.586. The largest absolute Gasteiger partial charge is 0.379 e. The van der Waals surface area contributed by atoms with E-state index in [0.29, 0.717) is 6.54 Å². The molecular weight excluding hydrogens is 430 g/mol. The molecule has 0 bridgehead atoms. The lowest BCUT2D eigenvalue weighted by Gasteiger charge is -2.29. The van der Waals surface area contributed by atoms with E-state index in [0.717, 1.165) is 67.5 Å². The third-order valence-electron chi connectivity index (χ3n) is 5.97. The third kappa shape index (κ3) is 4.07. The van der Waals surface area contributed by atoms with Crippen LogP contribution >= 0.6 is 22.7 Å². The molecule has 0 radical (unpaired) electrons. The summed E-state index contributed by atoms with van der Waals surface area (Å²) in [5.74, 6) is 1.88. The summed E-state index contributed by atoms with van der Waals surface area (Å²) >= 11 is 3.39. The number of ether oxygens (including phenoxy) is 1. The van der Waals surface area contributed by atoms with E-state index in [1.807, 2.05) is 14.1 Å². The minimum atomic E-state index is -0.166. The van der Waals surface area contributed by atoms with Gasteiger partial charge in [0.25, 0.3) is 0 Å². The molecule has 0 aromatic carbocycles. The molecule has 2 aliphatic heterocycles. The van der Waals surface area contributed by atoms with Gasteiger partial charge in [-0.05, 0) is 24.3 Å². The summed E-state index contributed by atoms with van der Waals surface area (Å²) in [5.41, 5.74) is 1.17. The number of morpholine rings is 1. The standard InChI is InChI=1S/C22H27N5O2S2/c1-25(2)22(28)16-5-3-7-27(16)20-19-15(17-6-4-12-30-17)14-31-21(19)24-18(23-20)13-26-8-10-29-11-9-26/h4,6,12,14,16H,3,5,7-11,13H2,1-2H3/t16-/m1/s1. The fourth-order valence-corrected chi connectivity index (χ4v) is 6.17.